The van der Waals surface area contributed by atoms with Crippen molar-refractivity contribution in [2.24, 2.45) is 0 Å². The largest absolute Gasteiger partial charge is 0.508 e. The Morgan fingerprint density at radius 1 is 1.03 bits per heavy atom. The van der Waals surface area contributed by atoms with Crippen LogP contribution in [0.1, 0.15) is 58.3 Å². The lowest BCUT2D eigenvalue weighted by atomic mass is 9.93. The van der Waals surface area contributed by atoms with Crippen molar-refractivity contribution in [2.75, 3.05) is 10.6 Å². The molecule has 1 aliphatic heterocycles. The normalized spacial score (nSPS) is 13.2. The molecule has 0 radical (unpaired) electrons. The smallest absolute Gasteiger partial charge is 0.173 e. The summed E-state index contributed by atoms with van der Waals surface area (Å²) in [4.78, 5) is 17.9. The van der Waals surface area contributed by atoms with Crippen molar-refractivity contribution in [1.29, 1.82) is 0 Å². The van der Waals surface area contributed by atoms with Gasteiger partial charge < -0.3 is 15.7 Å². The number of fused-ring (bicyclic) bond motifs is 2. The van der Waals surface area contributed by atoms with Gasteiger partial charge in [-0.25, -0.2) is 4.98 Å². The molecule has 3 aromatic carbocycles. The summed E-state index contributed by atoms with van der Waals surface area (Å²) in [7, 11) is 0. The minimum Gasteiger partial charge on any atom is -0.508 e. The molecule has 4 aromatic rings. The van der Waals surface area contributed by atoms with Gasteiger partial charge in [0.25, 0.3) is 0 Å². The van der Waals surface area contributed by atoms with E-state index in [4.69, 9.17) is 0 Å². The molecule has 1 aromatic heterocycles. The van der Waals surface area contributed by atoms with E-state index in [1.807, 2.05) is 13.0 Å². The van der Waals surface area contributed by atoms with Crippen molar-refractivity contribution >= 4 is 28.7 Å². The van der Waals surface area contributed by atoms with Crippen LogP contribution in [0.3, 0.4) is 0 Å². The molecule has 1 atom stereocenters. The lowest BCUT2D eigenvalue weighted by molar-refractivity contribution is 0.0995. The van der Waals surface area contributed by atoms with Gasteiger partial charge in [0.15, 0.2) is 5.78 Å². The van der Waals surface area contributed by atoms with Crippen LogP contribution in [-0.4, -0.2) is 15.9 Å². The molecule has 0 spiro atoms. The Labute approximate surface area is 212 Å². The molecule has 0 amide bonds. The van der Waals surface area contributed by atoms with Gasteiger partial charge in [-0.05, 0) is 72.6 Å². The summed E-state index contributed by atoms with van der Waals surface area (Å²) in [5.41, 5.74) is 7.48. The van der Waals surface area contributed by atoms with Crippen molar-refractivity contribution in [3.05, 3.63) is 107 Å². The van der Waals surface area contributed by atoms with E-state index < -0.39 is 0 Å². The number of pyridine rings is 1. The first-order valence-corrected chi connectivity index (χ1v) is 12.5. The summed E-state index contributed by atoms with van der Waals surface area (Å²) < 4.78 is 0. The van der Waals surface area contributed by atoms with Crippen LogP contribution in [-0.2, 0) is 12.8 Å². The lowest BCUT2D eigenvalue weighted by Gasteiger charge is -2.15. The molecule has 0 saturated heterocycles. The second-order valence-electron chi connectivity index (χ2n) is 9.63. The summed E-state index contributed by atoms with van der Waals surface area (Å²) in [5, 5.41) is 16.6. The third-order valence-electron chi connectivity index (χ3n) is 6.97. The topological polar surface area (TPSA) is 74.2 Å². The van der Waals surface area contributed by atoms with Gasteiger partial charge in [0.05, 0.1) is 11.3 Å². The number of anilines is 4. The van der Waals surface area contributed by atoms with Crippen LogP contribution < -0.4 is 10.6 Å². The van der Waals surface area contributed by atoms with Crippen LogP contribution in [0.4, 0.5) is 22.9 Å². The van der Waals surface area contributed by atoms with Crippen LogP contribution in [0.2, 0.25) is 0 Å². The maximum atomic E-state index is 13.4. The number of carbonyl (C=O) groups excluding carboxylic acids is 1. The maximum absolute atomic E-state index is 13.4. The lowest BCUT2D eigenvalue weighted by Crippen LogP contribution is -2.08. The molecule has 5 heteroatoms. The molecule has 1 aliphatic rings. The number of phenolic OH excluding ortho intramolecular Hbond substituents is 1. The zero-order valence-electron chi connectivity index (χ0n) is 20.7. The third-order valence-corrected chi connectivity index (χ3v) is 6.97. The van der Waals surface area contributed by atoms with Gasteiger partial charge in [0, 0.05) is 30.1 Å². The zero-order chi connectivity index (χ0) is 25.1. The number of Topliss-reactive ketones (excluding diaryl/α,β-unsaturated/α-hetero) is 1. The van der Waals surface area contributed by atoms with Crippen LogP contribution in [0, 0.1) is 6.92 Å². The number of phenols is 1. The van der Waals surface area contributed by atoms with Gasteiger partial charge in [-0.3, -0.25) is 4.79 Å². The molecule has 5 rings (SSSR count). The standard InChI is InChI=1S/C31H31N3O2/c1-20(23-9-4-3-5-10-23)7-6-8-22-12-14-26-24(17-22)18-29(36)30-27(15-16-32-31(30)34-26)33-28-19-25(35)13-11-21(28)2/h3-5,9-17,19-20,35H,6-8,18H2,1-2H3,(H2,32,33,34)/t20-/m0/s1. The van der Waals surface area contributed by atoms with Crippen LogP contribution in [0.15, 0.2) is 79.0 Å². The number of nitrogens with zero attached hydrogens (tertiary/aromatic N) is 1. The average Bonchev–Trinajstić information content (AvgIpc) is 3.02. The fraction of sp³-hybridized carbons (Fsp3) is 0.226. The van der Waals surface area contributed by atoms with E-state index >= 15 is 0 Å². The van der Waals surface area contributed by atoms with E-state index in [9.17, 15) is 9.90 Å². The number of rotatable bonds is 7. The molecule has 0 fully saturated rings. The Bertz CT molecular complexity index is 1400. The predicted molar refractivity (Wildman–Crippen MR) is 146 cm³/mol. The van der Waals surface area contributed by atoms with Gasteiger partial charge in [-0.2, -0.15) is 0 Å². The van der Waals surface area contributed by atoms with Crippen LogP contribution in [0.5, 0.6) is 5.75 Å². The Balaban J connectivity index is 1.32. The molecule has 3 N–H and O–H groups in total. The SMILES string of the molecule is Cc1ccc(O)cc1Nc1ccnc2c1C(=O)Cc1cc(CCC[C@H](C)c3ccccc3)ccc1N2. The minimum absolute atomic E-state index is 0.0134. The number of aryl methyl sites for hydroxylation is 2. The van der Waals surface area contributed by atoms with E-state index in [2.05, 4.69) is 71.1 Å². The molecule has 36 heavy (non-hydrogen) atoms. The number of hydrogen-bond acceptors (Lipinski definition) is 5. The monoisotopic (exact) mass is 477 g/mol. The third kappa shape index (κ3) is 5.10. The van der Waals surface area contributed by atoms with Crippen LogP contribution in [0.25, 0.3) is 0 Å². The number of carbonyl (C=O) groups is 1. The summed E-state index contributed by atoms with van der Waals surface area (Å²) in [5.74, 6) is 1.26. The van der Waals surface area contributed by atoms with Crippen molar-refractivity contribution in [2.45, 2.75) is 45.4 Å². The fourth-order valence-electron chi connectivity index (χ4n) is 4.85. The van der Waals surface area contributed by atoms with E-state index in [1.54, 1.807) is 24.4 Å². The van der Waals surface area contributed by atoms with E-state index in [0.29, 0.717) is 29.4 Å². The van der Waals surface area contributed by atoms with E-state index in [1.165, 1.54) is 11.1 Å². The van der Waals surface area contributed by atoms with Crippen molar-refractivity contribution in [1.82, 2.24) is 4.98 Å². The van der Waals surface area contributed by atoms with Crippen LogP contribution >= 0.6 is 0 Å². The summed E-state index contributed by atoms with van der Waals surface area (Å²) >= 11 is 0. The van der Waals surface area contributed by atoms with Gasteiger partial charge in [0.1, 0.15) is 11.6 Å². The van der Waals surface area contributed by atoms with Gasteiger partial charge in [0.2, 0.25) is 0 Å². The first-order valence-electron chi connectivity index (χ1n) is 12.5. The zero-order valence-corrected chi connectivity index (χ0v) is 20.7. The first kappa shape index (κ1) is 23.6. The highest BCUT2D eigenvalue weighted by Gasteiger charge is 2.24. The summed E-state index contributed by atoms with van der Waals surface area (Å²) in [6, 6.07) is 24.0. The second-order valence-corrected chi connectivity index (χ2v) is 9.63. The maximum Gasteiger partial charge on any atom is 0.173 e. The van der Waals surface area contributed by atoms with Gasteiger partial charge >= 0.3 is 0 Å². The second kappa shape index (κ2) is 10.2. The average molecular weight is 478 g/mol. The van der Waals surface area contributed by atoms with Crippen molar-refractivity contribution in [3.63, 3.8) is 0 Å². The molecule has 0 bridgehead atoms. The quantitative estimate of drug-likeness (QED) is 0.258. The molecule has 2 heterocycles. The highest BCUT2D eigenvalue weighted by Crippen LogP contribution is 2.35. The number of hydrogen-bond donors (Lipinski definition) is 3. The number of nitrogens with one attached hydrogen (secondary N) is 2. The molecule has 0 aliphatic carbocycles. The molecule has 5 nitrogen and oxygen atoms in total. The number of ketones is 1. The first-order chi connectivity index (χ1) is 17.5. The Hall–Kier alpha value is -4.12. The van der Waals surface area contributed by atoms with Gasteiger partial charge in [-0.1, -0.05) is 55.5 Å². The Morgan fingerprint density at radius 2 is 1.86 bits per heavy atom. The number of benzene rings is 3. The molecular weight excluding hydrogens is 446 g/mol. The minimum atomic E-state index is 0.0134. The molecule has 182 valence electrons. The fourth-order valence-corrected chi connectivity index (χ4v) is 4.85. The van der Waals surface area contributed by atoms with Gasteiger partial charge in [-0.15, -0.1) is 0 Å². The predicted octanol–water partition coefficient (Wildman–Crippen LogP) is 7.45. The number of aromatic hydroxyl groups is 1. The van der Waals surface area contributed by atoms with E-state index in [-0.39, 0.29) is 11.5 Å². The molecular formula is C31H31N3O2. The Morgan fingerprint density at radius 3 is 2.69 bits per heavy atom. The summed E-state index contributed by atoms with van der Waals surface area (Å²) in [6.07, 6.45) is 5.19. The molecule has 0 saturated carbocycles. The number of aromatic nitrogens is 1. The molecule has 0 unspecified atom stereocenters. The highest BCUT2D eigenvalue weighted by molar-refractivity contribution is 6.09. The van der Waals surface area contributed by atoms with Crippen molar-refractivity contribution in [3.8, 4) is 5.75 Å². The Kier molecular flexibility index (Phi) is 6.72. The highest BCUT2D eigenvalue weighted by atomic mass is 16.3. The van der Waals surface area contributed by atoms with Crippen molar-refractivity contribution < 1.29 is 9.90 Å². The summed E-state index contributed by atoms with van der Waals surface area (Å²) in [6.45, 7) is 4.24. The van der Waals surface area contributed by atoms with E-state index in [0.717, 1.165) is 41.8 Å².